The maximum absolute atomic E-state index is 12.9. The Morgan fingerprint density at radius 2 is 1.82 bits per heavy atom. The van der Waals surface area contributed by atoms with Gasteiger partial charge in [-0.15, -0.1) is 0 Å². The van der Waals surface area contributed by atoms with E-state index in [0.29, 0.717) is 12.2 Å². The number of nitrogens with one attached hydrogen (secondary N) is 1. The van der Waals surface area contributed by atoms with Crippen molar-refractivity contribution in [3.8, 4) is 0 Å². The molecule has 1 aliphatic rings. The lowest BCUT2D eigenvalue weighted by molar-refractivity contribution is -0.121. The Hall–Kier alpha value is -2.60. The molecular formula is C16H14FN3O2. The van der Waals surface area contributed by atoms with E-state index in [4.69, 9.17) is 0 Å². The molecule has 0 bridgehead atoms. The predicted octanol–water partition coefficient (Wildman–Crippen LogP) is 1.64. The summed E-state index contributed by atoms with van der Waals surface area (Å²) in [5.41, 5.74) is 1.38. The lowest BCUT2D eigenvalue weighted by Gasteiger charge is -2.15. The fraction of sp³-hybridized carbons (Fsp3) is 0.188. The van der Waals surface area contributed by atoms with Crippen LogP contribution in [0, 0.1) is 5.82 Å². The Morgan fingerprint density at radius 3 is 2.50 bits per heavy atom. The number of halogens is 1. The SMILES string of the molecule is O=C1C[C@H](NCc2ccncc2)C(=O)N1c1ccc(F)cc1. The predicted molar refractivity (Wildman–Crippen MR) is 78.4 cm³/mol. The standard InChI is InChI=1S/C16H14FN3O2/c17-12-1-3-13(4-2-12)20-15(21)9-14(16(20)22)19-10-11-5-7-18-8-6-11/h1-8,14,19H,9-10H2/t14-/m0/s1. The number of rotatable bonds is 4. The number of benzene rings is 1. The largest absolute Gasteiger partial charge is 0.301 e. The molecule has 1 atom stereocenters. The Labute approximate surface area is 126 Å². The van der Waals surface area contributed by atoms with Crippen molar-refractivity contribution in [2.45, 2.75) is 19.0 Å². The van der Waals surface area contributed by atoms with Gasteiger partial charge in [-0.2, -0.15) is 0 Å². The zero-order chi connectivity index (χ0) is 15.5. The van der Waals surface area contributed by atoms with Gasteiger partial charge in [-0.05, 0) is 42.0 Å². The highest BCUT2D eigenvalue weighted by Gasteiger charge is 2.39. The molecular weight excluding hydrogens is 285 g/mol. The van der Waals surface area contributed by atoms with Gasteiger partial charge >= 0.3 is 0 Å². The highest BCUT2D eigenvalue weighted by molar-refractivity contribution is 6.22. The first-order valence-electron chi connectivity index (χ1n) is 6.90. The van der Waals surface area contributed by atoms with E-state index in [-0.39, 0.29) is 18.2 Å². The number of hydrogen-bond acceptors (Lipinski definition) is 4. The highest BCUT2D eigenvalue weighted by Crippen LogP contribution is 2.23. The lowest BCUT2D eigenvalue weighted by atomic mass is 10.2. The van der Waals surface area contributed by atoms with Gasteiger partial charge < -0.3 is 5.32 Å². The average Bonchev–Trinajstić information content (AvgIpc) is 2.82. The van der Waals surface area contributed by atoms with E-state index in [9.17, 15) is 14.0 Å². The quantitative estimate of drug-likeness (QED) is 0.872. The van der Waals surface area contributed by atoms with Crippen LogP contribution in [0.25, 0.3) is 0 Å². The van der Waals surface area contributed by atoms with Gasteiger partial charge in [-0.3, -0.25) is 14.6 Å². The Bertz CT molecular complexity index is 688. The van der Waals surface area contributed by atoms with Gasteiger partial charge in [0.15, 0.2) is 0 Å². The number of hydrogen-bond donors (Lipinski definition) is 1. The van der Waals surface area contributed by atoms with Crippen LogP contribution < -0.4 is 10.2 Å². The van der Waals surface area contributed by atoms with Crippen LogP contribution in [0.5, 0.6) is 0 Å². The summed E-state index contributed by atoms with van der Waals surface area (Å²) in [6.07, 6.45) is 3.44. The monoisotopic (exact) mass is 299 g/mol. The third kappa shape index (κ3) is 2.87. The molecule has 6 heteroatoms. The maximum Gasteiger partial charge on any atom is 0.251 e. The number of aromatic nitrogens is 1. The number of carbonyl (C=O) groups is 2. The minimum Gasteiger partial charge on any atom is -0.301 e. The van der Waals surface area contributed by atoms with Crippen LogP contribution in [-0.4, -0.2) is 22.8 Å². The number of carbonyl (C=O) groups excluding carboxylic acids is 2. The van der Waals surface area contributed by atoms with Crippen molar-refractivity contribution < 1.29 is 14.0 Å². The van der Waals surface area contributed by atoms with Gasteiger partial charge in [0, 0.05) is 18.9 Å². The fourth-order valence-electron chi connectivity index (χ4n) is 2.39. The van der Waals surface area contributed by atoms with Gasteiger partial charge in [-0.1, -0.05) is 0 Å². The van der Waals surface area contributed by atoms with E-state index in [2.05, 4.69) is 10.3 Å². The first kappa shape index (κ1) is 14.3. The van der Waals surface area contributed by atoms with Crippen molar-refractivity contribution >= 4 is 17.5 Å². The second-order valence-electron chi connectivity index (χ2n) is 5.04. The second kappa shape index (κ2) is 6.03. The third-order valence-corrected chi connectivity index (χ3v) is 3.53. The molecule has 1 aliphatic heterocycles. The van der Waals surface area contributed by atoms with E-state index in [1.165, 1.54) is 24.3 Å². The summed E-state index contributed by atoms with van der Waals surface area (Å²) in [6.45, 7) is 0.476. The van der Waals surface area contributed by atoms with E-state index in [1.807, 2.05) is 12.1 Å². The zero-order valence-corrected chi connectivity index (χ0v) is 11.7. The van der Waals surface area contributed by atoms with Gasteiger partial charge in [-0.25, -0.2) is 9.29 Å². The number of nitrogens with zero attached hydrogens (tertiary/aromatic N) is 2. The molecule has 0 saturated carbocycles. The molecule has 112 valence electrons. The van der Waals surface area contributed by atoms with Crippen LogP contribution >= 0.6 is 0 Å². The molecule has 1 aromatic heterocycles. The summed E-state index contributed by atoms with van der Waals surface area (Å²) < 4.78 is 12.9. The topological polar surface area (TPSA) is 62.3 Å². The molecule has 1 saturated heterocycles. The van der Waals surface area contributed by atoms with Gasteiger partial charge in [0.05, 0.1) is 18.2 Å². The van der Waals surface area contributed by atoms with Crippen molar-refractivity contribution in [3.05, 3.63) is 60.2 Å². The van der Waals surface area contributed by atoms with Crippen molar-refractivity contribution in [2.75, 3.05) is 4.90 Å². The molecule has 0 radical (unpaired) electrons. The van der Waals surface area contributed by atoms with Crippen LogP contribution in [0.15, 0.2) is 48.8 Å². The minimum absolute atomic E-state index is 0.0985. The van der Waals surface area contributed by atoms with Gasteiger partial charge in [0.25, 0.3) is 5.91 Å². The molecule has 22 heavy (non-hydrogen) atoms. The Kier molecular flexibility index (Phi) is 3.93. The Balaban J connectivity index is 1.70. The van der Waals surface area contributed by atoms with Crippen molar-refractivity contribution in [3.63, 3.8) is 0 Å². The van der Waals surface area contributed by atoms with Crippen LogP contribution in [0.1, 0.15) is 12.0 Å². The molecule has 5 nitrogen and oxygen atoms in total. The smallest absolute Gasteiger partial charge is 0.251 e. The molecule has 0 unspecified atom stereocenters. The molecule has 1 N–H and O–H groups in total. The van der Waals surface area contributed by atoms with Gasteiger partial charge in [0.2, 0.25) is 5.91 Å². The molecule has 1 aromatic carbocycles. The van der Waals surface area contributed by atoms with Crippen LogP contribution in [0.2, 0.25) is 0 Å². The first-order chi connectivity index (χ1) is 10.6. The molecule has 0 aliphatic carbocycles. The number of imide groups is 1. The summed E-state index contributed by atoms with van der Waals surface area (Å²) in [5.74, 6) is -1.01. The minimum atomic E-state index is -0.564. The average molecular weight is 299 g/mol. The molecule has 2 aromatic rings. The van der Waals surface area contributed by atoms with E-state index < -0.39 is 11.9 Å². The molecule has 1 fully saturated rings. The van der Waals surface area contributed by atoms with E-state index >= 15 is 0 Å². The van der Waals surface area contributed by atoms with Crippen LogP contribution in [-0.2, 0) is 16.1 Å². The van der Waals surface area contributed by atoms with Crippen molar-refractivity contribution in [1.29, 1.82) is 0 Å². The summed E-state index contributed by atoms with van der Waals surface area (Å²) in [7, 11) is 0. The number of pyridine rings is 1. The second-order valence-corrected chi connectivity index (χ2v) is 5.04. The van der Waals surface area contributed by atoms with Crippen LogP contribution in [0.3, 0.4) is 0 Å². The molecule has 0 spiro atoms. The normalized spacial score (nSPS) is 18.0. The molecule has 3 rings (SSSR count). The maximum atomic E-state index is 12.9. The van der Waals surface area contributed by atoms with E-state index in [0.717, 1.165) is 10.5 Å². The summed E-state index contributed by atoms with van der Waals surface area (Å²) >= 11 is 0. The van der Waals surface area contributed by atoms with Crippen LogP contribution in [0.4, 0.5) is 10.1 Å². The van der Waals surface area contributed by atoms with Crippen molar-refractivity contribution in [2.24, 2.45) is 0 Å². The first-order valence-corrected chi connectivity index (χ1v) is 6.90. The third-order valence-electron chi connectivity index (χ3n) is 3.53. The fourth-order valence-corrected chi connectivity index (χ4v) is 2.39. The summed E-state index contributed by atoms with van der Waals surface area (Å²) in [6, 6.07) is 8.43. The highest BCUT2D eigenvalue weighted by atomic mass is 19.1. The number of amides is 2. The van der Waals surface area contributed by atoms with Gasteiger partial charge in [0.1, 0.15) is 5.82 Å². The summed E-state index contributed by atoms with van der Waals surface area (Å²) in [4.78, 5) is 29.4. The lowest BCUT2D eigenvalue weighted by Crippen LogP contribution is -2.38. The Morgan fingerprint density at radius 1 is 1.14 bits per heavy atom. The summed E-state index contributed by atoms with van der Waals surface area (Å²) in [5, 5.41) is 3.08. The van der Waals surface area contributed by atoms with Crippen molar-refractivity contribution in [1.82, 2.24) is 10.3 Å². The molecule has 2 amide bonds. The zero-order valence-electron chi connectivity index (χ0n) is 11.7. The number of anilines is 1. The molecule has 2 heterocycles. The van der Waals surface area contributed by atoms with E-state index in [1.54, 1.807) is 12.4 Å².